The molecule has 2 N–H and O–H groups in total. The highest BCUT2D eigenvalue weighted by Crippen LogP contribution is 2.50. The molecule has 1 aromatic heterocycles. The second-order valence-electron chi connectivity index (χ2n) is 10.6. The molecule has 0 saturated heterocycles. The number of ether oxygens (including phenoxy) is 1. The van der Waals surface area contributed by atoms with Crippen molar-refractivity contribution >= 4 is 40.8 Å². The maximum absolute atomic E-state index is 14.1. The topological polar surface area (TPSA) is 143 Å². The lowest BCUT2D eigenvalue weighted by molar-refractivity contribution is -0.292. The molecule has 20 heteroatoms. The standard InChI is InChI=1S/C27H23ClF8N6O5/c1-40-10-15(11-42(40)22-20(26(31,32)33)21(38-39-22)25(29,30)27(34,35)36)14-5-6-17(28)16(9-14)23(46)41(24(12-37)7-8-24)13-47-19(45)4-2-3-18(43)44/h5-6,9,11H,2-4,7-8,10,13H2,1H3,(H,38,39)(H,43,44). The summed E-state index contributed by atoms with van der Waals surface area (Å²) in [7, 11) is 1.21. The number of carboxylic acid groups (broad SMARTS) is 1. The molecular weight excluding hydrogens is 676 g/mol. The number of alkyl halides is 8. The van der Waals surface area contributed by atoms with Gasteiger partial charge in [0.05, 0.1) is 16.7 Å². The molecule has 1 amide bonds. The van der Waals surface area contributed by atoms with Gasteiger partial charge >= 0.3 is 30.2 Å². The summed E-state index contributed by atoms with van der Waals surface area (Å²) in [5.41, 5.74) is -6.05. The number of nitrogens with one attached hydrogen (secondary N) is 1. The van der Waals surface area contributed by atoms with Gasteiger partial charge in [0.1, 0.15) is 16.8 Å². The minimum atomic E-state index is -6.36. The lowest BCUT2D eigenvalue weighted by atomic mass is 10.0. The zero-order chi connectivity index (χ0) is 35.1. The molecule has 4 rings (SSSR count). The first kappa shape index (κ1) is 35.4. The Labute approximate surface area is 264 Å². The molecule has 11 nitrogen and oxygen atoms in total. The Morgan fingerprint density at radius 2 is 1.81 bits per heavy atom. The molecule has 0 radical (unpaired) electrons. The molecule has 2 heterocycles. The van der Waals surface area contributed by atoms with Crippen LogP contribution in [-0.4, -0.2) is 75.1 Å². The lowest BCUT2D eigenvalue weighted by Gasteiger charge is -2.27. The monoisotopic (exact) mass is 698 g/mol. The molecular formula is C27H23ClF8N6O5. The minimum Gasteiger partial charge on any atom is -0.481 e. The van der Waals surface area contributed by atoms with Crippen LogP contribution in [0.3, 0.4) is 0 Å². The van der Waals surface area contributed by atoms with Gasteiger partial charge in [0.15, 0.2) is 12.5 Å². The highest BCUT2D eigenvalue weighted by molar-refractivity contribution is 6.34. The van der Waals surface area contributed by atoms with E-state index in [-0.39, 0.29) is 60.4 Å². The van der Waals surface area contributed by atoms with Crippen LogP contribution in [0.1, 0.15) is 59.3 Å². The summed E-state index contributed by atoms with van der Waals surface area (Å²) in [6.07, 6.45) is -11.2. The van der Waals surface area contributed by atoms with Crippen molar-refractivity contribution in [3.8, 4) is 6.07 Å². The third-order valence-electron chi connectivity index (χ3n) is 7.35. The number of likely N-dealkylation sites (N-methyl/N-ethyl adjacent to an activating group) is 1. The smallest absolute Gasteiger partial charge is 0.459 e. The number of amides is 1. The van der Waals surface area contributed by atoms with Gasteiger partial charge in [-0.3, -0.25) is 29.4 Å². The molecule has 2 aromatic rings. The van der Waals surface area contributed by atoms with E-state index in [4.69, 9.17) is 21.4 Å². The van der Waals surface area contributed by atoms with Gasteiger partial charge in [-0.25, -0.2) is 5.01 Å². The lowest BCUT2D eigenvalue weighted by Crippen LogP contribution is -2.43. The highest BCUT2D eigenvalue weighted by Gasteiger charge is 2.63. The van der Waals surface area contributed by atoms with Crippen LogP contribution in [-0.2, 0) is 26.4 Å². The van der Waals surface area contributed by atoms with E-state index < -0.39 is 65.5 Å². The summed E-state index contributed by atoms with van der Waals surface area (Å²) in [4.78, 5) is 37.4. The Balaban J connectivity index is 1.65. The van der Waals surface area contributed by atoms with E-state index in [1.54, 1.807) is 0 Å². The summed E-state index contributed by atoms with van der Waals surface area (Å²) in [6.45, 7) is -0.910. The number of hydrogen-bond acceptors (Lipinski definition) is 8. The van der Waals surface area contributed by atoms with Crippen LogP contribution in [0.15, 0.2) is 24.4 Å². The fourth-order valence-corrected chi connectivity index (χ4v) is 4.90. The molecule has 0 unspecified atom stereocenters. The normalized spacial score (nSPS) is 16.4. The van der Waals surface area contributed by atoms with Crippen molar-refractivity contribution in [3.63, 3.8) is 0 Å². The highest BCUT2D eigenvalue weighted by atomic mass is 35.5. The van der Waals surface area contributed by atoms with Crippen molar-refractivity contribution in [3.05, 3.63) is 51.8 Å². The number of nitrogens with zero attached hydrogens (tertiary/aromatic N) is 5. The number of carboxylic acids is 1. The molecule has 1 aromatic carbocycles. The van der Waals surface area contributed by atoms with E-state index in [0.29, 0.717) is 5.01 Å². The molecule has 2 aliphatic rings. The van der Waals surface area contributed by atoms with E-state index in [2.05, 4.69) is 5.10 Å². The van der Waals surface area contributed by atoms with Crippen molar-refractivity contribution in [1.82, 2.24) is 20.1 Å². The molecule has 1 aliphatic carbocycles. The Kier molecular flexibility index (Phi) is 9.52. The number of esters is 1. The summed E-state index contributed by atoms with van der Waals surface area (Å²) in [5.74, 6) is -10.0. The fraction of sp³-hybridized carbons (Fsp3) is 0.444. The Morgan fingerprint density at radius 3 is 2.36 bits per heavy atom. The molecule has 0 bridgehead atoms. The number of halogens is 9. The van der Waals surface area contributed by atoms with Gasteiger partial charge in [0.2, 0.25) is 0 Å². The first-order chi connectivity index (χ1) is 21.7. The number of hydrogen-bond donors (Lipinski definition) is 2. The van der Waals surface area contributed by atoms with Gasteiger partial charge in [0, 0.05) is 32.6 Å². The van der Waals surface area contributed by atoms with Crippen molar-refractivity contribution in [2.45, 2.75) is 55.9 Å². The van der Waals surface area contributed by atoms with Crippen LogP contribution in [0.5, 0.6) is 0 Å². The van der Waals surface area contributed by atoms with Gasteiger partial charge in [-0.15, -0.1) is 0 Å². The number of aliphatic carboxylic acids is 1. The van der Waals surface area contributed by atoms with Gasteiger partial charge in [0.25, 0.3) is 5.91 Å². The Morgan fingerprint density at radius 1 is 1.15 bits per heavy atom. The van der Waals surface area contributed by atoms with Crippen LogP contribution in [0, 0.1) is 11.3 Å². The van der Waals surface area contributed by atoms with E-state index in [0.717, 1.165) is 16.1 Å². The predicted molar refractivity (Wildman–Crippen MR) is 144 cm³/mol. The maximum atomic E-state index is 14.1. The number of carbonyl (C=O) groups is 3. The zero-order valence-electron chi connectivity index (χ0n) is 24.0. The van der Waals surface area contributed by atoms with E-state index >= 15 is 0 Å². The molecule has 1 fully saturated rings. The van der Waals surface area contributed by atoms with E-state index in [1.165, 1.54) is 30.3 Å². The van der Waals surface area contributed by atoms with Crippen LogP contribution in [0.25, 0.3) is 5.57 Å². The summed E-state index contributed by atoms with van der Waals surface area (Å²) < 4.78 is 114. The third-order valence-corrected chi connectivity index (χ3v) is 7.68. The third kappa shape index (κ3) is 7.12. The molecule has 47 heavy (non-hydrogen) atoms. The van der Waals surface area contributed by atoms with E-state index in [1.807, 2.05) is 6.07 Å². The summed E-state index contributed by atoms with van der Waals surface area (Å²) in [5, 5.41) is 24.3. The second-order valence-corrected chi connectivity index (χ2v) is 11.1. The Bertz CT molecular complexity index is 1650. The fourth-order valence-electron chi connectivity index (χ4n) is 4.70. The summed E-state index contributed by atoms with van der Waals surface area (Å²) in [6, 6.07) is 5.83. The quantitative estimate of drug-likeness (QED) is 0.172. The van der Waals surface area contributed by atoms with Crippen molar-refractivity contribution in [1.29, 1.82) is 5.26 Å². The number of benzene rings is 1. The van der Waals surface area contributed by atoms with Crippen LogP contribution in [0.4, 0.5) is 40.9 Å². The second kappa shape index (κ2) is 12.6. The number of aromatic amines is 1. The van der Waals surface area contributed by atoms with Crippen LogP contribution in [0.2, 0.25) is 5.02 Å². The Hall–Kier alpha value is -4.44. The predicted octanol–water partition coefficient (Wildman–Crippen LogP) is 5.70. The number of H-pyrrole nitrogens is 1. The first-order valence-corrected chi connectivity index (χ1v) is 13.8. The van der Waals surface area contributed by atoms with Gasteiger partial charge in [-0.1, -0.05) is 17.7 Å². The maximum Gasteiger partial charge on any atom is 0.459 e. The van der Waals surface area contributed by atoms with Gasteiger partial charge < -0.3 is 9.84 Å². The average molecular weight is 699 g/mol. The number of rotatable bonds is 11. The van der Waals surface area contributed by atoms with Crippen molar-refractivity contribution in [2.75, 3.05) is 25.3 Å². The number of nitriles is 1. The first-order valence-electron chi connectivity index (χ1n) is 13.5. The number of carbonyl (C=O) groups excluding carboxylic acids is 2. The van der Waals surface area contributed by atoms with Gasteiger partial charge in [-0.05, 0) is 42.5 Å². The summed E-state index contributed by atoms with van der Waals surface area (Å²) >= 11 is 6.29. The molecule has 1 aliphatic heterocycles. The van der Waals surface area contributed by atoms with Crippen LogP contribution < -0.4 is 5.01 Å². The largest absolute Gasteiger partial charge is 0.481 e. The molecule has 0 atom stereocenters. The number of anilines is 1. The average Bonchev–Trinajstić information content (AvgIpc) is 3.44. The van der Waals surface area contributed by atoms with Crippen molar-refractivity contribution < 1.29 is 59.4 Å². The van der Waals surface area contributed by atoms with Crippen LogP contribution >= 0.6 is 11.6 Å². The van der Waals surface area contributed by atoms with Gasteiger partial charge in [-0.2, -0.15) is 45.5 Å². The van der Waals surface area contributed by atoms with E-state index in [9.17, 15) is 54.8 Å². The molecule has 1 saturated carbocycles. The number of hydrazine groups is 1. The minimum absolute atomic E-state index is 0.0330. The zero-order valence-corrected chi connectivity index (χ0v) is 24.7. The molecule has 0 spiro atoms. The number of aromatic nitrogens is 2. The molecule has 254 valence electrons. The SMILES string of the molecule is CN1CC(c2ccc(Cl)c(C(=O)N(COC(=O)CCCC(=O)O)C3(C#N)CC3)c2)=CN1c1n[nH]c(C(F)(F)C(F)(F)F)c1C(F)(F)F. The van der Waals surface area contributed by atoms with Crippen molar-refractivity contribution in [2.24, 2.45) is 0 Å².